The highest BCUT2D eigenvalue weighted by Gasteiger charge is 2.40. The Hall–Kier alpha value is -0.810. The summed E-state index contributed by atoms with van der Waals surface area (Å²) in [6.07, 6.45) is 10.5. The maximum atomic E-state index is 12.2. The minimum absolute atomic E-state index is 0.000955. The Morgan fingerprint density at radius 2 is 2.00 bits per heavy atom. The average molecular weight is 323 g/mol. The first-order valence-corrected chi connectivity index (χ1v) is 9.59. The Labute approximate surface area is 140 Å². The van der Waals surface area contributed by atoms with Crippen LogP contribution in [0.3, 0.4) is 0 Å². The van der Waals surface area contributed by atoms with E-state index in [1.165, 1.54) is 51.6 Å². The molecule has 2 atom stereocenters. The molecule has 3 fully saturated rings. The van der Waals surface area contributed by atoms with Crippen molar-refractivity contribution in [3.05, 3.63) is 0 Å². The number of hydrogen-bond donors (Lipinski definition) is 2. The van der Waals surface area contributed by atoms with Gasteiger partial charge in [-0.25, -0.2) is 4.79 Å². The monoisotopic (exact) mass is 323 g/mol. The third-order valence-corrected chi connectivity index (χ3v) is 5.80. The summed E-state index contributed by atoms with van der Waals surface area (Å²) >= 11 is 0. The summed E-state index contributed by atoms with van der Waals surface area (Å²) in [6, 6.07) is 0.502. The van der Waals surface area contributed by atoms with E-state index in [1.54, 1.807) is 0 Å². The normalized spacial score (nSPS) is 28.8. The SMILES string of the molecule is CC(CCN1CCCC1)NC(=O)NC1CCOC2(CCCC2)C1. The maximum absolute atomic E-state index is 12.2. The molecule has 2 amide bonds. The molecule has 1 aliphatic carbocycles. The third kappa shape index (κ3) is 4.83. The average Bonchev–Trinajstić information content (AvgIpc) is 3.17. The first-order chi connectivity index (χ1) is 11.2. The number of carbonyl (C=O) groups is 1. The van der Waals surface area contributed by atoms with E-state index in [0.29, 0.717) is 0 Å². The van der Waals surface area contributed by atoms with Gasteiger partial charge in [-0.15, -0.1) is 0 Å². The Balaban J connectivity index is 1.36. The quantitative estimate of drug-likeness (QED) is 0.818. The summed E-state index contributed by atoms with van der Waals surface area (Å²) in [5.74, 6) is 0. The zero-order valence-corrected chi connectivity index (χ0v) is 14.6. The van der Waals surface area contributed by atoms with E-state index in [-0.39, 0.29) is 23.7 Å². The highest BCUT2D eigenvalue weighted by atomic mass is 16.5. The largest absolute Gasteiger partial charge is 0.375 e. The number of ether oxygens (including phenoxy) is 1. The molecular weight excluding hydrogens is 290 g/mol. The van der Waals surface area contributed by atoms with Crippen molar-refractivity contribution in [2.24, 2.45) is 0 Å². The van der Waals surface area contributed by atoms with Gasteiger partial charge >= 0.3 is 6.03 Å². The van der Waals surface area contributed by atoms with Crippen LogP contribution < -0.4 is 10.6 Å². The molecule has 2 N–H and O–H groups in total. The van der Waals surface area contributed by atoms with Crippen molar-refractivity contribution in [3.63, 3.8) is 0 Å². The number of nitrogens with zero attached hydrogens (tertiary/aromatic N) is 1. The van der Waals surface area contributed by atoms with Crippen LogP contribution in [-0.4, -0.2) is 54.9 Å². The van der Waals surface area contributed by atoms with Gasteiger partial charge in [-0.2, -0.15) is 0 Å². The van der Waals surface area contributed by atoms with Gasteiger partial charge in [-0.05, 0) is 65.0 Å². The van der Waals surface area contributed by atoms with E-state index in [9.17, 15) is 4.79 Å². The molecule has 0 aromatic rings. The molecule has 1 saturated carbocycles. The van der Waals surface area contributed by atoms with Crippen LogP contribution in [0.4, 0.5) is 4.79 Å². The molecule has 3 aliphatic rings. The van der Waals surface area contributed by atoms with E-state index < -0.39 is 0 Å². The molecule has 5 heteroatoms. The molecule has 23 heavy (non-hydrogen) atoms. The van der Waals surface area contributed by atoms with Gasteiger partial charge < -0.3 is 20.3 Å². The lowest BCUT2D eigenvalue weighted by atomic mass is 9.89. The van der Waals surface area contributed by atoms with Crippen molar-refractivity contribution >= 4 is 6.03 Å². The van der Waals surface area contributed by atoms with Crippen LogP contribution in [0, 0.1) is 0 Å². The van der Waals surface area contributed by atoms with Gasteiger partial charge in [-0.1, -0.05) is 12.8 Å². The van der Waals surface area contributed by atoms with Crippen molar-refractivity contribution < 1.29 is 9.53 Å². The Kier molecular flexibility index (Phi) is 5.81. The fourth-order valence-electron chi connectivity index (χ4n) is 4.42. The summed E-state index contributed by atoms with van der Waals surface area (Å²) in [5.41, 5.74) is 0.0670. The second-order valence-corrected chi connectivity index (χ2v) is 7.78. The first kappa shape index (κ1) is 17.0. The van der Waals surface area contributed by atoms with Gasteiger partial charge in [-0.3, -0.25) is 0 Å². The van der Waals surface area contributed by atoms with Crippen LogP contribution in [-0.2, 0) is 4.74 Å². The van der Waals surface area contributed by atoms with E-state index in [2.05, 4.69) is 22.5 Å². The summed E-state index contributed by atoms with van der Waals surface area (Å²) in [7, 11) is 0. The molecule has 0 radical (unpaired) electrons. The van der Waals surface area contributed by atoms with Crippen molar-refractivity contribution in [1.82, 2.24) is 15.5 Å². The lowest BCUT2D eigenvalue weighted by molar-refractivity contribution is -0.0820. The van der Waals surface area contributed by atoms with Gasteiger partial charge in [0.05, 0.1) is 5.60 Å². The Morgan fingerprint density at radius 1 is 1.26 bits per heavy atom. The second-order valence-electron chi connectivity index (χ2n) is 7.78. The molecule has 3 rings (SSSR count). The third-order valence-electron chi connectivity index (χ3n) is 5.80. The number of nitrogens with one attached hydrogen (secondary N) is 2. The van der Waals surface area contributed by atoms with Gasteiger partial charge in [0.1, 0.15) is 0 Å². The fourth-order valence-corrected chi connectivity index (χ4v) is 4.42. The molecule has 0 aromatic carbocycles. The van der Waals surface area contributed by atoms with Crippen molar-refractivity contribution in [2.75, 3.05) is 26.2 Å². The molecule has 5 nitrogen and oxygen atoms in total. The van der Waals surface area contributed by atoms with E-state index in [1.807, 2.05) is 0 Å². The second kappa shape index (κ2) is 7.84. The van der Waals surface area contributed by atoms with Crippen LogP contribution in [0.5, 0.6) is 0 Å². The van der Waals surface area contributed by atoms with Gasteiger partial charge in [0.25, 0.3) is 0 Å². The van der Waals surface area contributed by atoms with Gasteiger partial charge in [0, 0.05) is 25.2 Å². The topological polar surface area (TPSA) is 53.6 Å². The summed E-state index contributed by atoms with van der Waals surface area (Å²) in [4.78, 5) is 14.7. The number of amides is 2. The van der Waals surface area contributed by atoms with Crippen LogP contribution in [0.2, 0.25) is 0 Å². The lowest BCUT2D eigenvalue weighted by Crippen LogP contribution is -2.51. The number of likely N-dealkylation sites (tertiary alicyclic amines) is 1. The van der Waals surface area contributed by atoms with Crippen molar-refractivity contribution in [3.8, 4) is 0 Å². The molecule has 0 bridgehead atoms. The first-order valence-electron chi connectivity index (χ1n) is 9.59. The minimum atomic E-state index is -0.000955. The smallest absolute Gasteiger partial charge is 0.315 e. The highest BCUT2D eigenvalue weighted by Crippen LogP contribution is 2.39. The molecule has 2 unspecified atom stereocenters. The zero-order chi connectivity index (χ0) is 16.1. The molecular formula is C18H33N3O2. The van der Waals surface area contributed by atoms with E-state index >= 15 is 0 Å². The zero-order valence-electron chi connectivity index (χ0n) is 14.6. The summed E-state index contributed by atoms with van der Waals surface area (Å²) in [6.45, 7) is 6.45. The minimum Gasteiger partial charge on any atom is -0.375 e. The highest BCUT2D eigenvalue weighted by molar-refractivity contribution is 5.74. The lowest BCUT2D eigenvalue weighted by Gasteiger charge is -2.38. The van der Waals surface area contributed by atoms with Crippen LogP contribution >= 0.6 is 0 Å². The Morgan fingerprint density at radius 3 is 2.74 bits per heavy atom. The number of rotatable bonds is 5. The number of hydrogen-bond acceptors (Lipinski definition) is 3. The van der Waals surface area contributed by atoms with Gasteiger partial charge in [0.2, 0.25) is 0 Å². The standard InChI is InChI=1S/C18H33N3O2/c1-15(6-12-21-10-4-5-11-21)19-17(22)20-16-7-13-23-18(14-16)8-2-3-9-18/h15-16H,2-14H2,1H3,(H2,19,20,22). The molecule has 0 aromatic heterocycles. The Bertz CT molecular complexity index is 390. The predicted octanol–water partition coefficient (Wildman–Crippen LogP) is 2.65. The van der Waals surface area contributed by atoms with E-state index in [0.717, 1.165) is 32.4 Å². The number of carbonyl (C=O) groups excluding carboxylic acids is 1. The molecule has 2 aliphatic heterocycles. The van der Waals surface area contributed by atoms with Crippen LogP contribution in [0.25, 0.3) is 0 Å². The fraction of sp³-hybridized carbons (Fsp3) is 0.944. The van der Waals surface area contributed by atoms with Crippen molar-refractivity contribution in [1.29, 1.82) is 0 Å². The van der Waals surface area contributed by atoms with Crippen LogP contribution in [0.15, 0.2) is 0 Å². The molecule has 132 valence electrons. The molecule has 2 heterocycles. The van der Waals surface area contributed by atoms with Crippen molar-refractivity contribution in [2.45, 2.75) is 82.4 Å². The molecule has 1 spiro atoms. The van der Waals surface area contributed by atoms with Crippen LogP contribution in [0.1, 0.15) is 64.7 Å². The van der Waals surface area contributed by atoms with E-state index in [4.69, 9.17) is 4.74 Å². The van der Waals surface area contributed by atoms with Gasteiger partial charge in [0.15, 0.2) is 0 Å². The predicted molar refractivity (Wildman–Crippen MR) is 91.6 cm³/mol. The summed E-state index contributed by atoms with van der Waals surface area (Å²) < 4.78 is 6.04. The molecule has 2 saturated heterocycles. The number of urea groups is 1. The summed E-state index contributed by atoms with van der Waals surface area (Å²) in [5, 5.41) is 6.30. The maximum Gasteiger partial charge on any atom is 0.315 e.